The van der Waals surface area contributed by atoms with E-state index in [0.29, 0.717) is 19.5 Å². The Morgan fingerprint density at radius 3 is 2.72 bits per heavy atom. The molecule has 0 unspecified atom stereocenters. The standard InChI is InChI=1S/C11H14FN3O3/c12-7-3-1-4-8(9(7)10(16)17)15-11(18)14-6-2-5-13/h1,3-4H,2,5-6,13H2,(H,16,17)(H2,14,15,18). The van der Waals surface area contributed by atoms with Crippen LogP contribution < -0.4 is 16.4 Å². The van der Waals surface area contributed by atoms with Crippen LogP contribution in [0.1, 0.15) is 16.8 Å². The molecule has 0 saturated heterocycles. The average molecular weight is 255 g/mol. The second-order valence-electron chi connectivity index (χ2n) is 3.49. The third kappa shape index (κ3) is 3.70. The summed E-state index contributed by atoms with van der Waals surface area (Å²) in [4.78, 5) is 22.3. The molecule has 0 aliphatic rings. The van der Waals surface area contributed by atoms with Crippen molar-refractivity contribution in [3.8, 4) is 0 Å². The first kappa shape index (κ1) is 13.9. The van der Waals surface area contributed by atoms with E-state index in [9.17, 15) is 14.0 Å². The molecule has 1 rings (SSSR count). The van der Waals surface area contributed by atoms with Crippen LogP contribution >= 0.6 is 0 Å². The number of hydrogen-bond acceptors (Lipinski definition) is 3. The van der Waals surface area contributed by atoms with Gasteiger partial charge in [0.1, 0.15) is 11.4 Å². The lowest BCUT2D eigenvalue weighted by molar-refractivity contribution is 0.0693. The number of carbonyl (C=O) groups excluding carboxylic acids is 1. The summed E-state index contributed by atoms with van der Waals surface area (Å²) in [7, 11) is 0. The lowest BCUT2D eigenvalue weighted by Crippen LogP contribution is -2.31. The van der Waals surface area contributed by atoms with E-state index >= 15 is 0 Å². The molecule has 0 aliphatic carbocycles. The maximum atomic E-state index is 13.3. The summed E-state index contributed by atoms with van der Waals surface area (Å²) in [5.74, 6) is -2.34. The van der Waals surface area contributed by atoms with E-state index < -0.39 is 23.4 Å². The molecule has 1 aromatic carbocycles. The summed E-state index contributed by atoms with van der Waals surface area (Å²) in [6.45, 7) is 0.792. The lowest BCUT2D eigenvalue weighted by Gasteiger charge is -2.10. The molecule has 0 spiro atoms. The van der Waals surface area contributed by atoms with E-state index in [1.165, 1.54) is 12.1 Å². The second-order valence-corrected chi connectivity index (χ2v) is 3.49. The SMILES string of the molecule is NCCCNC(=O)Nc1cccc(F)c1C(=O)O. The first-order valence-corrected chi connectivity index (χ1v) is 5.33. The summed E-state index contributed by atoms with van der Waals surface area (Å²) in [6.07, 6.45) is 0.600. The zero-order valence-electron chi connectivity index (χ0n) is 9.57. The molecule has 0 aliphatic heterocycles. The zero-order chi connectivity index (χ0) is 13.5. The normalized spacial score (nSPS) is 9.89. The van der Waals surface area contributed by atoms with E-state index in [0.717, 1.165) is 6.07 Å². The summed E-state index contributed by atoms with van der Waals surface area (Å²) >= 11 is 0. The minimum Gasteiger partial charge on any atom is -0.478 e. The van der Waals surface area contributed by atoms with E-state index in [-0.39, 0.29) is 5.69 Å². The van der Waals surface area contributed by atoms with Gasteiger partial charge in [0.25, 0.3) is 0 Å². The molecule has 2 amide bonds. The van der Waals surface area contributed by atoms with Gasteiger partial charge in [-0.3, -0.25) is 0 Å². The smallest absolute Gasteiger partial charge is 0.340 e. The molecule has 5 N–H and O–H groups in total. The van der Waals surface area contributed by atoms with Crippen molar-refractivity contribution in [1.82, 2.24) is 5.32 Å². The lowest BCUT2D eigenvalue weighted by atomic mass is 10.1. The number of carbonyl (C=O) groups is 2. The van der Waals surface area contributed by atoms with Crippen LogP contribution in [0.15, 0.2) is 18.2 Å². The van der Waals surface area contributed by atoms with Crippen molar-refractivity contribution in [2.24, 2.45) is 5.73 Å². The van der Waals surface area contributed by atoms with Crippen molar-refractivity contribution < 1.29 is 19.1 Å². The van der Waals surface area contributed by atoms with Gasteiger partial charge < -0.3 is 21.5 Å². The van der Waals surface area contributed by atoms with Crippen LogP contribution in [0.2, 0.25) is 0 Å². The number of carboxylic acids is 1. The monoisotopic (exact) mass is 255 g/mol. The molecule has 0 heterocycles. The molecular weight excluding hydrogens is 241 g/mol. The number of aromatic carboxylic acids is 1. The highest BCUT2D eigenvalue weighted by Crippen LogP contribution is 2.18. The molecule has 18 heavy (non-hydrogen) atoms. The Balaban J connectivity index is 2.75. The first-order chi connectivity index (χ1) is 8.56. The molecule has 0 aromatic heterocycles. The number of halogens is 1. The minimum absolute atomic E-state index is 0.0900. The molecule has 0 bridgehead atoms. The summed E-state index contributed by atoms with van der Waals surface area (Å²) in [5, 5.41) is 13.6. The van der Waals surface area contributed by atoms with Gasteiger partial charge in [-0.05, 0) is 25.1 Å². The van der Waals surface area contributed by atoms with Gasteiger partial charge in [-0.25, -0.2) is 14.0 Å². The Morgan fingerprint density at radius 1 is 1.39 bits per heavy atom. The van der Waals surface area contributed by atoms with Crippen molar-refractivity contribution >= 4 is 17.7 Å². The number of amides is 2. The third-order valence-corrected chi connectivity index (χ3v) is 2.14. The predicted molar refractivity (Wildman–Crippen MR) is 64.1 cm³/mol. The van der Waals surface area contributed by atoms with E-state index in [2.05, 4.69) is 10.6 Å². The molecule has 98 valence electrons. The molecule has 7 heteroatoms. The van der Waals surface area contributed by atoms with Crippen LogP contribution in [0.5, 0.6) is 0 Å². The van der Waals surface area contributed by atoms with Gasteiger partial charge in [0.2, 0.25) is 0 Å². The van der Waals surface area contributed by atoms with Crippen molar-refractivity contribution in [3.05, 3.63) is 29.6 Å². The van der Waals surface area contributed by atoms with Crippen LogP contribution in [-0.4, -0.2) is 30.2 Å². The number of nitrogens with one attached hydrogen (secondary N) is 2. The van der Waals surface area contributed by atoms with Crippen LogP contribution in [0.3, 0.4) is 0 Å². The Morgan fingerprint density at radius 2 is 2.11 bits per heavy atom. The van der Waals surface area contributed by atoms with Crippen LogP contribution in [0.4, 0.5) is 14.9 Å². The van der Waals surface area contributed by atoms with Crippen molar-refractivity contribution in [3.63, 3.8) is 0 Å². The molecule has 0 fully saturated rings. The largest absolute Gasteiger partial charge is 0.478 e. The Hall–Kier alpha value is -2.15. The fourth-order valence-corrected chi connectivity index (χ4v) is 1.32. The van der Waals surface area contributed by atoms with Crippen LogP contribution in [0.25, 0.3) is 0 Å². The van der Waals surface area contributed by atoms with Crippen molar-refractivity contribution in [1.29, 1.82) is 0 Å². The quantitative estimate of drug-likeness (QED) is 0.589. The minimum atomic E-state index is -1.44. The van der Waals surface area contributed by atoms with Gasteiger partial charge in [0, 0.05) is 6.54 Å². The number of urea groups is 1. The second kappa shape index (κ2) is 6.55. The molecule has 0 atom stereocenters. The zero-order valence-corrected chi connectivity index (χ0v) is 9.57. The highest BCUT2D eigenvalue weighted by molar-refractivity contribution is 6.00. The first-order valence-electron chi connectivity index (χ1n) is 5.33. The summed E-state index contributed by atoms with van der Waals surface area (Å²) in [6, 6.07) is 3.05. The topological polar surface area (TPSA) is 104 Å². The van der Waals surface area contributed by atoms with E-state index in [1.807, 2.05) is 0 Å². The van der Waals surface area contributed by atoms with Gasteiger partial charge in [-0.1, -0.05) is 6.07 Å². The van der Waals surface area contributed by atoms with Gasteiger partial charge in [-0.15, -0.1) is 0 Å². The van der Waals surface area contributed by atoms with Crippen molar-refractivity contribution in [2.75, 3.05) is 18.4 Å². The summed E-state index contributed by atoms with van der Waals surface area (Å²) in [5.41, 5.74) is 4.60. The highest BCUT2D eigenvalue weighted by atomic mass is 19.1. The van der Waals surface area contributed by atoms with Crippen LogP contribution in [0, 0.1) is 5.82 Å². The van der Waals surface area contributed by atoms with Gasteiger partial charge in [0.15, 0.2) is 0 Å². The number of nitrogens with two attached hydrogens (primary N) is 1. The molecule has 0 saturated carbocycles. The van der Waals surface area contributed by atoms with Gasteiger partial charge >= 0.3 is 12.0 Å². The number of benzene rings is 1. The van der Waals surface area contributed by atoms with E-state index in [4.69, 9.17) is 10.8 Å². The summed E-state index contributed by atoms with van der Waals surface area (Å²) < 4.78 is 13.3. The maximum Gasteiger partial charge on any atom is 0.340 e. The number of rotatable bonds is 5. The Labute approximate surface area is 103 Å². The molecule has 0 radical (unpaired) electrons. The molecule has 1 aromatic rings. The average Bonchev–Trinajstić information content (AvgIpc) is 2.28. The van der Waals surface area contributed by atoms with Gasteiger partial charge in [0.05, 0.1) is 5.69 Å². The Kier molecular flexibility index (Phi) is 5.06. The highest BCUT2D eigenvalue weighted by Gasteiger charge is 2.16. The maximum absolute atomic E-state index is 13.3. The fourth-order valence-electron chi connectivity index (χ4n) is 1.32. The molecular formula is C11H14FN3O3. The fraction of sp³-hybridized carbons (Fsp3) is 0.273. The number of carboxylic acid groups (broad SMARTS) is 1. The van der Waals surface area contributed by atoms with Crippen molar-refractivity contribution in [2.45, 2.75) is 6.42 Å². The molecule has 6 nitrogen and oxygen atoms in total. The Bertz CT molecular complexity index is 451. The van der Waals surface area contributed by atoms with E-state index in [1.54, 1.807) is 0 Å². The number of hydrogen-bond donors (Lipinski definition) is 4. The predicted octanol–water partition coefficient (Wildman–Crippen LogP) is 0.994. The van der Waals surface area contributed by atoms with Crippen LogP contribution in [-0.2, 0) is 0 Å². The number of anilines is 1. The van der Waals surface area contributed by atoms with Gasteiger partial charge in [-0.2, -0.15) is 0 Å². The third-order valence-electron chi connectivity index (χ3n) is 2.14.